The molecule has 0 saturated carbocycles. The highest BCUT2D eigenvalue weighted by atomic mass is 13.9. The Morgan fingerprint density at radius 3 is 2.45 bits per heavy atom. The molecule has 0 bridgehead atoms. The topological polar surface area (TPSA) is 0 Å². The first-order valence-corrected chi connectivity index (χ1v) is 3.63. The fourth-order valence-electron chi connectivity index (χ4n) is 0.989. The Hall–Kier alpha value is -1.20. The van der Waals surface area contributed by atoms with Gasteiger partial charge in [0.15, 0.2) is 7.28 Å². The summed E-state index contributed by atoms with van der Waals surface area (Å²) in [7, 11) is 2.00. The molecule has 1 radical (unpaired) electrons. The van der Waals surface area contributed by atoms with Gasteiger partial charge >= 0.3 is 0 Å². The minimum atomic E-state index is 1.06. The molecule has 0 N–H and O–H groups in total. The summed E-state index contributed by atoms with van der Waals surface area (Å²) in [5, 5.41) is 0. The summed E-state index contributed by atoms with van der Waals surface area (Å²) in [5.41, 5.74) is 5.11. The van der Waals surface area contributed by atoms with Crippen LogP contribution < -0.4 is 0 Å². The summed E-state index contributed by atoms with van der Waals surface area (Å²) < 4.78 is 0. The van der Waals surface area contributed by atoms with Crippen molar-refractivity contribution < 1.29 is 0 Å². The van der Waals surface area contributed by atoms with Crippen LogP contribution in [-0.4, -0.2) is 7.28 Å². The molecule has 0 aliphatic heterocycles. The van der Waals surface area contributed by atoms with Crippen molar-refractivity contribution in [2.24, 2.45) is 0 Å². The quantitative estimate of drug-likeness (QED) is 0.438. The van der Waals surface area contributed by atoms with Gasteiger partial charge in [0.05, 0.1) is 0 Å². The van der Waals surface area contributed by atoms with Gasteiger partial charge in [0.1, 0.15) is 0 Å². The molecule has 1 aromatic rings. The zero-order chi connectivity index (χ0) is 8.10. The first-order valence-electron chi connectivity index (χ1n) is 3.63. The van der Waals surface area contributed by atoms with Gasteiger partial charge in [0, 0.05) is 0 Å². The van der Waals surface area contributed by atoms with E-state index in [0.29, 0.717) is 0 Å². The molecule has 0 fully saturated rings. The molecule has 1 aromatic carbocycles. The normalized spacial score (nSPS) is 8.45. The van der Waals surface area contributed by atoms with Crippen LogP contribution >= 0.6 is 0 Å². The standard InChI is InChI=1S/C10H10B/c1-3-10(11-2)9-7-5-4-6-8-9/h4-8H,1H2,2H3. The van der Waals surface area contributed by atoms with Crippen LogP contribution in [0.2, 0.25) is 6.82 Å². The highest BCUT2D eigenvalue weighted by molar-refractivity contribution is 6.59. The van der Waals surface area contributed by atoms with Crippen molar-refractivity contribution in [2.45, 2.75) is 6.82 Å². The Morgan fingerprint density at radius 2 is 2.00 bits per heavy atom. The molecule has 0 heterocycles. The molecule has 0 saturated heterocycles. The molecule has 0 aromatic heterocycles. The number of benzene rings is 1. The molecular formula is C10H10B. The lowest BCUT2D eigenvalue weighted by atomic mass is 9.70. The maximum absolute atomic E-state index is 3.61. The average molecular weight is 141 g/mol. The van der Waals surface area contributed by atoms with E-state index in [0.717, 1.165) is 5.47 Å². The average Bonchev–Trinajstić information content (AvgIpc) is 2.09. The van der Waals surface area contributed by atoms with Crippen molar-refractivity contribution in [3.05, 3.63) is 48.2 Å². The summed E-state index contributed by atoms with van der Waals surface area (Å²) in [4.78, 5) is 0. The lowest BCUT2D eigenvalue weighted by molar-refractivity contribution is 1.65. The van der Waals surface area contributed by atoms with Crippen molar-refractivity contribution in [2.75, 3.05) is 0 Å². The Bertz CT molecular complexity index is 268. The minimum absolute atomic E-state index is 1.06. The van der Waals surface area contributed by atoms with Gasteiger partial charge in [-0.25, -0.2) is 0 Å². The highest BCUT2D eigenvalue weighted by Crippen LogP contribution is 2.09. The monoisotopic (exact) mass is 141 g/mol. The second-order valence-electron chi connectivity index (χ2n) is 2.25. The zero-order valence-corrected chi connectivity index (χ0v) is 6.67. The molecule has 0 unspecified atom stereocenters. The fourth-order valence-corrected chi connectivity index (χ4v) is 0.989. The van der Waals surface area contributed by atoms with E-state index in [1.54, 1.807) is 0 Å². The summed E-state index contributed by atoms with van der Waals surface area (Å²) in [6.07, 6.45) is 0. The Labute approximate surface area is 68.5 Å². The molecule has 0 aliphatic carbocycles. The van der Waals surface area contributed by atoms with Crippen LogP contribution in [0.3, 0.4) is 0 Å². The zero-order valence-electron chi connectivity index (χ0n) is 6.67. The molecular weight excluding hydrogens is 131 g/mol. The van der Waals surface area contributed by atoms with Crippen molar-refractivity contribution in [3.8, 4) is 0 Å². The van der Waals surface area contributed by atoms with E-state index in [1.165, 1.54) is 5.56 Å². The van der Waals surface area contributed by atoms with E-state index >= 15 is 0 Å². The minimum Gasteiger partial charge on any atom is -0.135 e. The van der Waals surface area contributed by atoms with Gasteiger partial charge in [-0.1, -0.05) is 43.7 Å². The van der Waals surface area contributed by atoms with Gasteiger partial charge in [-0.3, -0.25) is 0 Å². The molecule has 0 amide bonds. The van der Waals surface area contributed by atoms with E-state index in [4.69, 9.17) is 0 Å². The van der Waals surface area contributed by atoms with E-state index in [-0.39, 0.29) is 0 Å². The van der Waals surface area contributed by atoms with Crippen molar-refractivity contribution >= 4 is 12.8 Å². The van der Waals surface area contributed by atoms with Gasteiger partial charge < -0.3 is 0 Å². The Balaban J connectivity index is 3.02. The van der Waals surface area contributed by atoms with E-state index in [1.807, 2.05) is 44.4 Å². The summed E-state index contributed by atoms with van der Waals surface area (Å²) in [6, 6.07) is 10.1. The lowest BCUT2D eigenvalue weighted by Crippen LogP contribution is -1.87. The van der Waals surface area contributed by atoms with E-state index in [2.05, 4.69) is 12.3 Å². The van der Waals surface area contributed by atoms with Gasteiger partial charge in [-0.05, 0) is 11.0 Å². The van der Waals surface area contributed by atoms with Gasteiger partial charge in [-0.2, -0.15) is 0 Å². The predicted molar refractivity (Wildman–Crippen MR) is 50.6 cm³/mol. The third-order valence-corrected chi connectivity index (χ3v) is 1.56. The van der Waals surface area contributed by atoms with Gasteiger partial charge in [-0.15, -0.1) is 5.73 Å². The van der Waals surface area contributed by atoms with Crippen LogP contribution in [0.25, 0.3) is 5.47 Å². The molecule has 1 heteroatoms. The number of hydrogen-bond acceptors (Lipinski definition) is 0. The van der Waals surface area contributed by atoms with Crippen LogP contribution in [-0.2, 0) is 0 Å². The fraction of sp³-hybridized carbons (Fsp3) is 0.100. The third-order valence-electron chi connectivity index (χ3n) is 1.56. The molecule has 1 rings (SSSR count). The first kappa shape index (κ1) is 7.91. The van der Waals surface area contributed by atoms with Crippen LogP contribution in [0.5, 0.6) is 0 Å². The van der Waals surface area contributed by atoms with Crippen LogP contribution in [0.1, 0.15) is 5.56 Å². The largest absolute Gasteiger partial charge is 0.160 e. The maximum Gasteiger partial charge on any atom is 0.160 e. The molecule has 0 spiro atoms. The predicted octanol–water partition coefficient (Wildman–Crippen LogP) is 2.56. The lowest BCUT2D eigenvalue weighted by Gasteiger charge is -1.98. The summed E-state index contributed by atoms with van der Waals surface area (Å²) in [6.45, 7) is 5.60. The Morgan fingerprint density at radius 1 is 1.36 bits per heavy atom. The van der Waals surface area contributed by atoms with E-state index in [9.17, 15) is 0 Å². The Kier molecular flexibility index (Phi) is 2.77. The molecule has 53 valence electrons. The van der Waals surface area contributed by atoms with Crippen molar-refractivity contribution in [1.29, 1.82) is 0 Å². The molecule has 0 aliphatic rings. The van der Waals surface area contributed by atoms with Crippen LogP contribution in [0.15, 0.2) is 42.6 Å². The van der Waals surface area contributed by atoms with Gasteiger partial charge in [0.25, 0.3) is 0 Å². The molecule has 0 nitrogen and oxygen atoms in total. The van der Waals surface area contributed by atoms with Gasteiger partial charge in [0.2, 0.25) is 0 Å². The molecule has 11 heavy (non-hydrogen) atoms. The second-order valence-corrected chi connectivity index (χ2v) is 2.25. The second kappa shape index (κ2) is 3.85. The number of rotatable bonds is 2. The van der Waals surface area contributed by atoms with Crippen molar-refractivity contribution in [3.63, 3.8) is 0 Å². The molecule has 0 atom stereocenters. The highest BCUT2D eigenvalue weighted by Gasteiger charge is 1.95. The van der Waals surface area contributed by atoms with E-state index < -0.39 is 0 Å². The number of hydrogen-bond donors (Lipinski definition) is 0. The SMILES string of the molecule is C=C=C([B]C)c1ccccc1. The van der Waals surface area contributed by atoms with Crippen LogP contribution in [0.4, 0.5) is 0 Å². The smallest absolute Gasteiger partial charge is 0.135 e. The summed E-state index contributed by atoms with van der Waals surface area (Å²) in [5.74, 6) is 0. The third kappa shape index (κ3) is 1.86. The first-order chi connectivity index (χ1) is 5.38. The van der Waals surface area contributed by atoms with Crippen LogP contribution in [0, 0.1) is 0 Å². The maximum atomic E-state index is 3.61. The summed E-state index contributed by atoms with van der Waals surface area (Å²) >= 11 is 0. The van der Waals surface area contributed by atoms with Crippen molar-refractivity contribution in [1.82, 2.24) is 0 Å².